The first kappa shape index (κ1) is 16.9. The van der Waals surface area contributed by atoms with Gasteiger partial charge in [0.05, 0.1) is 19.0 Å². The molecule has 3 heterocycles. The van der Waals surface area contributed by atoms with Gasteiger partial charge < -0.3 is 10.1 Å². The van der Waals surface area contributed by atoms with Crippen molar-refractivity contribution in [3.05, 3.63) is 72.8 Å². The molecule has 5 aromatic rings. The van der Waals surface area contributed by atoms with E-state index in [0.29, 0.717) is 28.3 Å². The van der Waals surface area contributed by atoms with Crippen molar-refractivity contribution in [3.8, 4) is 17.0 Å². The summed E-state index contributed by atoms with van der Waals surface area (Å²) in [5.41, 5.74) is 2.77. The molecule has 0 aliphatic rings. The third-order valence-electron chi connectivity index (χ3n) is 4.74. The average molecular weight is 384 g/mol. The lowest BCUT2D eigenvalue weighted by Crippen LogP contribution is -2.12. The Bertz CT molecular complexity index is 1350. The second-order valence-corrected chi connectivity index (χ2v) is 6.45. The third-order valence-corrected chi connectivity index (χ3v) is 4.74. The molecule has 0 radical (unpaired) electrons. The minimum Gasteiger partial charge on any atom is -0.496 e. The van der Waals surface area contributed by atoms with Crippen LogP contribution in [-0.4, -0.2) is 37.8 Å². The van der Waals surface area contributed by atoms with Gasteiger partial charge in [-0.15, -0.1) is 0 Å². The van der Waals surface area contributed by atoms with Gasteiger partial charge in [-0.3, -0.25) is 9.89 Å². The smallest absolute Gasteiger partial charge is 0.261 e. The zero-order valence-corrected chi connectivity index (χ0v) is 15.5. The molecule has 0 atom stereocenters. The van der Waals surface area contributed by atoms with Gasteiger partial charge in [0, 0.05) is 24.2 Å². The molecule has 1 amide bonds. The first-order valence-electron chi connectivity index (χ1n) is 8.95. The molecule has 2 aromatic carbocycles. The van der Waals surface area contributed by atoms with Crippen molar-refractivity contribution >= 4 is 28.0 Å². The summed E-state index contributed by atoms with van der Waals surface area (Å²) >= 11 is 0. The Morgan fingerprint density at radius 2 is 2.00 bits per heavy atom. The number of aromatic amines is 1. The Balaban J connectivity index is 1.55. The van der Waals surface area contributed by atoms with E-state index in [0.717, 1.165) is 16.3 Å². The van der Waals surface area contributed by atoms with Gasteiger partial charge in [-0.05, 0) is 29.0 Å². The van der Waals surface area contributed by atoms with E-state index in [4.69, 9.17) is 4.74 Å². The minimum absolute atomic E-state index is 0.318. The van der Waals surface area contributed by atoms with E-state index in [1.54, 1.807) is 36.3 Å². The lowest BCUT2D eigenvalue weighted by Gasteiger charge is -2.11. The molecular formula is C21H16N6O2. The van der Waals surface area contributed by atoms with Gasteiger partial charge in [-0.1, -0.05) is 24.3 Å². The van der Waals surface area contributed by atoms with E-state index in [9.17, 15) is 4.79 Å². The molecule has 0 unspecified atom stereocenters. The molecule has 5 rings (SSSR count). The standard InChI is InChI=1S/C21H16N6O2/c1-29-18-10-14-6-3-2-5-13(14)9-15(18)19-17(12-23-26-19)25-21(28)16-11-24-27-8-4-7-22-20(16)27/h2-12H,1H3,(H,23,26)(H,25,28). The number of aromatic nitrogens is 5. The van der Waals surface area contributed by atoms with Crippen LogP contribution in [-0.2, 0) is 0 Å². The van der Waals surface area contributed by atoms with E-state index in [1.165, 1.54) is 6.20 Å². The number of carbonyl (C=O) groups excluding carboxylic acids is 1. The molecule has 8 nitrogen and oxygen atoms in total. The SMILES string of the molecule is COc1cc2ccccc2cc1-c1n[nH]cc1NC(=O)c1cnn2cccnc12. The maximum absolute atomic E-state index is 12.9. The van der Waals surface area contributed by atoms with Crippen LogP contribution in [0.3, 0.4) is 0 Å². The van der Waals surface area contributed by atoms with Crippen LogP contribution in [0.15, 0.2) is 67.3 Å². The van der Waals surface area contributed by atoms with Gasteiger partial charge in [-0.2, -0.15) is 10.2 Å². The number of carbonyl (C=O) groups is 1. The molecule has 0 fully saturated rings. The first-order valence-corrected chi connectivity index (χ1v) is 8.95. The number of benzene rings is 2. The number of anilines is 1. The van der Waals surface area contributed by atoms with Crippen molar-refractivity contribution in [3.63, 3.8) is 0 Å². The van der Waals surface area contributed by atoms with Crippen LogP contribution in [0.5, 0.6) is 5.75 Å². The maximum Gasteiger partial charge on any atom is 0.261 e. The summed E-state index contributed by atoms with van der Waals surface area (Å²) in [5.74, 6) is 0.352. The lowest BCUT2D eigenvalue weighted by molar-refractivity contribution is 0.102. The zero-order chi connectivity index (χ0) is 19.8. The second-order valence-electron chi connectivity index (χ2n) is 6.45. The fourth-order valence-electron chi connectivity index (χ4n) is 3.34. The molecule has 142 valence electrons. The maximum atomic E-state index is 12.9. The second kappa shape index (κ2) is 6.75. The average Bonchev–Trinajstić information content (AvgIpc) is 3.39. The topological polar surface area (TPSA) is 97.2 Å². The number of rotatable bonds is 4. The largest absolute Gasteiger partial charge is 0.496 e. The number of nitrogens with zero attached hydrogens (tertiary/aromatic N) is 4. The van der Waals surface area contributed by atoms with Crippen LogP contribution in [0, 0.1) is 0 Å². The minimum atomic E-state index is -0.318. The normalized spacial score (nSPS) is 11.1. The number of hydrogen-bond acceptors (Lipinski definition) is 5. The molecule has 8 heteroatoms. The number of hydrogen-bond donors (Lipinski definition) is 2. The highest BCUT2D eigenvalue weighted by molar-refractivity contribution is 6.09. The van der Waals surface area contributed by atoms with E-state index in [1.807, 2.05) is 36.4 Å². The summed E-state index contributed by atoms with van der Waals surface area (Å²) in [6, 6.07) is 13.7. The Kier molecular flexibility index (Phi) is 3.94. The van der Waals surface area contributed by atoms with Gasteiger partial charge in [0.25, 0.3) is 5.91 Å². The van der Waals surface area contributed by atoms with E-state index < -0.39 is 0 Å². The fraction of sp³-hybridized carbons (Fsp3) is 0.0476. The van der Waals surface area contributed by atoms with Gasteiger partial charge in [-0.25, -0.2) is 9.50 Å². The highest BCUT2D eigenvalue weighted by atomic mass is 16.5. The van der Waals surface area contributed by atoms with E-state index in [2.05, 4.69) is 25.6 Å². The molecule has 29 heavy (non-hydrogen) atoms. The fourth-order valence-corrected chi connectivity index (χ4v) is 3.34. The highest BCUT2D eigenvalue weighted by Gasteiger charge is 2.19. The van der Waals surface area contributed by atoms with Crippen LogP contribution in [0.1, 0.15) is 10.4 Å². The van der Waals surface area contributed by atoms with Gasteiger partial charge in [0.2, 0.25) is 0 Å². The number of amides is 1. The van der Waals surface area contributed by atoms with E-state index >= 15 is 0 Å². The molecule has 3 aromatic heterocycles. The molecule has 0 aliphatic heterocycles. The van der Waals surface area contributed by atoms with Crippen molar-refractivity contribution in [2.45, 2.75) is 0 Å². The Morgan fingerprint density at radius 1 is 1.17 bits per heavy atom. The number of methoxy groups -OCH3 is 1. The van der Waals surface area contributed by atoms with Gasteiger partial charge in [0.1, 0.15) is 17.0 Å². The third kappa shape index (κ3) is 2.87. The summed E-state index contributed by atoms with van der Waals surface area (Å²) in [4.78, 5) is 17.1. The van der Waals surface area contributed by atoms with Crippen LogP contribution in [0.2, 0.25) is 0 Å². The van der Waals surface area contributed by atoms with Crippen molar-refractivity contribution in [2.75, 3.05) is 12.4 Å². The molecule has 0 bridgehead atoms. The molecule has 0 spiro atoms. The summed E-state index contributed by atoms with van der Waals surface area (Å²) < 4.78 is 7.13. The van der Waals surface area contributed by atoms with Crippen LogP contribution in [0.4, 0.5) is 5.69 Å². The quantitative estimate of drug-likeness (QED) is 0.494. The molecular weight excluding hydrogens is 368 g/mol. The van der Waals surface area contributed by atoms with Crippen molar-refractivity contribution in [1.82, 2.24) is 24.8 Å². The zero-order valence-electron chi connectivity index (χ0n) is 15.5. The Labute approximate surface area is 165 Å². The lowest BCUT2D eigenvalue weighted by atomic mass is 10.0. The number of fused-ring (bicyclic) bond motifs is 2. The van der Waals surface area contributed by atoms with Gasteiger partial charge in [0.15, 0.2) is 5.65 Å². The van der Waals surface area contributed by atoms with E-state index in [-0.39, 0.29) is 5.91 Å². The van der Waals surface area contributed by atoms with Crippen LogP contribution < -0.4 is 10.1 Å². The predicted molar refractivity (Wildman–Crippen MR) is 109 cm³/mol. The molecule has 0 saturated heterocycles. The summed E-state index contributed by atoms with van der Waals surface area (Å²) in [6.45, 7) is 0. The van der Waals surface area contributed by atoms with Gasteiger partial charge >= 0.3 is 0 Å². The predicted octanol–water partition coefficient (Wildman–Crippen LogP) is 3.53. The summed E-state index contributed by atoms with van der Waals surface area (Å²) in [7, 11) is 1.61. The first-order chi connectivity index (χ1) is 14.2. The number of nitrogens with one attached hydrogen (secondary N) is 2. The van der Waals surface area contributed by atoms with Crippen molar-refractivity contribution in [2.24, 2.45) is 0 Å². The highest BCUT2D eigenvalue weighted by Crippen LogP contribution is 2.36. The van der Waals surface area contributed by atoms with Crippen molar-refractivity contribution in [1.29, 1.82) is 0 Å². The monoisotopic (exact) mass is 384 g/mol. The number of H-pyrrole nitrogens is 1. The van der Waals surface area contributed by atoms with Crippen molar-refractivity contribution < 1.29 is 9.53 Å². The molecule has 0 saturated carbocycles. The van der Waals surface area contributed by atoms with Crippen LogP contribution in [0.25, 0.3) is 27.7 Å². The summed E-state index contributed by atoms with van der Waals surface area (Å²) in [6.07, 6.45) is 6.49. The van der Waals surface area contributed by atoms with Crippen LogP contribution >= 0.6 is 0 Å². The Morgan fingerprint density at radius 3 is 2.83 bits per heavy atom. The molecule has 0 aliphatic carbocycles. The summed E-state index contributed by atoms with van der Waals surface area (Å²) in [5, 5.41) is 16.3. The Hall–Kier alpha value is -4.20. The number of ether oxygens (including phenoxy) is 1. The molecule has 2 N–H and O–H groups in total.